The van der Waals surface area contributed by atoms with Gasteiger partial charge in [0.2, 0.25) is 0 Å². The van der Waals surface area contributed by atoms with Crippen molar-refractivity contribution in [3.05, 3.63) is 40.0 Å². The molecule has 24 heavy (non-hydrogen) atoms. The first kappa shape index (κ1) is 16.9. The van der Waals surface area contributed by atoms with Crippen molar-refractivity contribution >= 4 is 17.2 Å². The average Bonchev–Trinajstić information content (AvgIpc) is 3.08. The number of piperazine rings is 1. The number of nitrogens with zero attached hydrogens (tertiary/aromatic N) is 5. The van der Waals surface area contributed by atoms with E-state index in [1.165, 1.54) is 23.5 Å². The molecule has 0 radical (unpaired) electrons. The molecule has 1 saturated heterocycles. The maximum atomic E-state index is 8.85. The minimum absolute atomic E-state index is 0.611. The molecule has 0 bridgehead atoms. The number of anilines is 1. The van der Waals surface area contributed by atoms with Gasteiger partial charge in [0, 0.05) is 44.3 Å². The van der Waals surface area contributed by atoms with Gasteiger partial charge in [-0.05, 0) is 25.0 Å². The van der Waals surface area contributed by atoms with Crippen LogP contribution in [0, 0.1) is 11.3 Å². The first-order chi connectivity index (χ1) is 11.8. The number of hydrogen-bond acceptors (Lipinski definition) is 6. The first-order valence-electron chi connectivity index (χ1n) is 8.55. The van der Waals surface area contributed by atoms with Crippen LogP contribution in [-0.4, -0.2) is 41.0 Å². The summed E-state index contributed by atoms with van der Waals surface area (Å²) in [5.41, 5.74) is 1.82. The second-order valence-electron chi connectivity index (χ2n) is 6.12. The molecule has 3 heterocycles. The Kier molecular flexibility index (Phi) is 5.78. The molecule has 2 aromatic heterocycles. The molecule has 2 aromatic rings. The third-order valence-electron chi connectivity index (χ3n) is 4.30. The summed E-state index contributed by atoms with van der Waals surface area (Å²) >= 11 is 1.79. The molecule has 3 rings (SSSR count). The van der Waals surface area contributed by atoms with E-state index >= 15 is 0 Å². The number of unbranched alkanes of at least 4 members (excludes halogenated alkanes) is 1. The molecule has 5 nitrogen and oxygen atoms in total. The molecule has 126 valence electrons. The highest BCUT2D eigenvalue weighted by Crippen LogP contribution is 2.17. The Morgan fingerprint density at radius 1 is 1.25 bits per heavy atom. The monoisotopic (exact) mass is 341 g/mol. The second kappa shape index (κ2) is 8.22. The minimum Gasteiger partial charge on any atom is -0.354 e. The first-order valence-corrected chi connectivity index (χ1v) is 9.43. The van der Waals surface area contributed by atoms with E-state index in [9.17, 15) is 0 Å². The van der Waals surface area contributed by atoms with Gasteiger partial charge in [0.15, 0.2) is 0 Å². The number of thiazole rings is 1. The summed E-state index contributed by atoms with van der Waals surface area (Å²) in [6.45, 7) is 7.12. The van der Waals surface area contributed by atoms with Crippen molar-refractivity contribution in [1.29, 1.82) is 5.26 Å². The molecule has 0 unspecified atom stereocenters. The largest absolute Gasteiger partial charge is 0.354 e. The highest BCUT2D eigenvalue weighted by molar-refractivity contribution is 7.09. The van der Waals surface area contributed by atoms with Crippen molar-refractivity contribution < 1.29 is 0 Å². The highest BCUT2D eigenvalue weighted by atomic mass is 32.1. The standard InChI is InChI=1S/C18H23N5S/c1-2-3-4-18-21-16(14-24-18)13-22-7-9-23(10-8-22)17-6-5-15(11-19)12-20-17/h5-6,12,14H,2-4,7-10,13H2,1H3. The van der Waals surface area contributed by atoms with Gasteiger partial charge in [0.25, 0.3) is 0 Å². The molecule has 1 aliphatic heterocycles. The molecule has 0 N–H and O–H groups in total. The minimum atomic E-state index is 0.611. The van der Waals surface area contributed by atoms with E-state index in [0.29, 0.717) is 5.56 Å². The van der Waals surface area contributed by atoms with Crippen molar-refractivity contribution in [2.75, 3.05) is 31.1 Å². The molecular formula is C18H23N5S. The molecule has 0 saturated carbocycles. The van der Waals surface area contributed by atoms with Gasteiger partial charge in [0.05, 0.1) is 16.3 Å². The zero-order valence-electron chi connectivity index (χ0n) is 14.1. The molecule has 1 aliphatic rings. The third-order valence-corrected chi connectivity index (χ3v) is 5.26. The van der Waals surface area contributed by atoms with Crippen LogP contribution in [0.4, 0.5) is 5.82 Å². The maximum absolute atomic E-state index is 8.85. The lowest BCUT2D eigenvalue weighted by Crippen LogP contribution is -2.46. The van der Waals surface area contributed by atoms with E-state index in [4.69, 9.17) is 10.2 Å². The van der Waals surface area contributed by atoms with Gasteiger partial charge in [0.1, 0.15) is 11.9 Å². The topological polar surface area (TPSA) is 56.1 Å². The highest BCUT2D eigenvalue weighted by Gasteiger charge is 2.18. The summed E-state index contributed by atoms with van der Waals surface area (Å²) in [6.07, 6.45) is 5.21. The molecule has 0 atom stereocenters. The third kappa shape index (κ3) is 4.31. The van der Waals surface area contributed by atoms with Crippen LogP contribution < -0.4 is 4.90 Å². The van der Waals surface area contributed by atoms with Crippen molar-refractivity contribution in [2.24, 2.45) is 0 Å². The smallest absolute Gasteiger partial charge is 0.128 e. The fraction of sp³-hybridized carbons (Fsp3) is 0.500. The van der Waals surface area contributed by atoms with E-state index in [1.54, 1.807) is 17.5 Å². The Morgan fingerprint density at radius 3 is 2.75 bits per heavy atom. The predicted octanol–water partition coefficient (Wildman–Crippen LogP) is 3.07. The predicted molar refractivity (Wildman–Crippen MR) is 97.2 cm³/mol. The van der Waals surface area contributed by atoms with Crippen LogP contribution >= 0.6 is 11.3 Å². The second-order valence-corrected chi connectivity index (χ2v) is 7.06. The zero-order chi connectivity index (χ0) is 16.8. The number of aromatic nitrogens is 2. The van der Waals surface area contributed by atoms with Crippen molar-refractivity contribution in [3.8, 4) is 6.07 Å². The van der Waals surface area contributed by atoms with E-state index in [1.807, 2.05) is 12.1 Å². The van der Waals surface area contributed by atoms with Crippen molar-refractivity contribution in [3.63, 3.8) is 0 Å². The van der Waals surface area contributed by atoms with E-state index in [-0.39, 0.29) is 0 Å². The Hall–Kier alpha value is -1.97. The molecule has 0 aromatic carbocycles. The lowest BCUT2D eigenvalue weighted by atomic mass is 10.2. The van der Waals surface area contributed by atoms with E-state index in [0.717, 1.165) is 45.0 Å². The van der Waals surface area contributed by atoms with Gasteiger partial charge >= 0.3 is 0 Å². The summed E-state index contributed by atoms with van der Waals surface area (Å²) in [6, 6.07) is 5.89. The Balaban J connectivity index is 1.49. The van der Waals surface area contributed by atoms with Gasteiger partial charge in [-0.25, -0.2) is 9.97 Å². The van der Waals surface area contributed by atoms with Gasteiger partial charge < -0.3 is 4.90 Å². The number of rotatable bonds is 6. The van der Waals surface area contributed by atoms with Crippen LogP contribution in [0.5, 0.6) is 0 Å². The van der Waals surface area contributed by atoms with Gasteiger partial charge in [-0.1, -0.05) is 13.3 Å². The summed E-state index contributed by atoms with van der Waals surface area (Å²) in [5, 5.41) is 12.3. The van der Waals surface area contributed by atoms with Gasteiger partial charge in [-0.3, -0.25) is 4.90 Å². The summed E-state index contributed by atoms with van der Waals surface area (Å²) in [5.74, 6) is 0.962. The lowest BCUT2D eigenvalue weighted by molar-refractivity contribution is 0.247. The van der Waals surface area contributed by atoms with Crippen LogP contribution in [0.3, 0.4) is 0 Å². The Morgan fingerprint density at radius 2 is 2.08 bits per heavy atom. The van der Waals surface area contributed by atoms with Gasteiger partial charge in [-0.2, -0.15) is 5.26 Å². The maximum Gasteiger partial charge on any atom is 0.128 e. The van der Waals surface area contributed by atoms with Crippen LogP contribution in [0.2, 0.25) is 0 Å². The van der Waals surface area contributed by atoms with E-state index < -0.39 is 0 Å². The summed E-state index contributed by atoms with van der Waals surface area (Å²) in [7, 11) is 0. The van der Waals surface area contributed by atoms with E-state index in [2.05, 4.69) is 33.2 Å². The van der Waals surface area contributed by atoms with Crippen LogP contribution in [-0.2, 0) is 13.0 Å². The normalized spacial score (nSPS) is 15.4. The molecule has 0 amide bonds. The number of pyridine rings is 1. The number of hydrogen-bond donors (Lipinski definition) is 0. The average molecular weight is 341 g/mol. The number of nitriles is 1. The lowest BCUT2D eigenvalue weighted by Gasteiger charge is -2.35. The molecular weight excluding hydrogens is 318 g/mol. The van der Waals surface area contributed by atoms with Crippen LogP contribution in [0.25, 0.3) is 0 Å². The zero-order valence-corrected chi connectivity index (χ0v) is 14.9. The molecule has 1 fully saturated rings. The van der Waals surface area contributed by atoms with Gasteiger partial charge in [-0.15, -0.1) is 11.3 Å². The molecule has 6 heteroatoms. The van der Waals surface area contributed by atoms with Crippen molar-refractivity contribution in [1.82, 2.24) is 14.9 Å². The Bertz CT molecular complexity index is 680. The van der Waals surface area contributed by atoms with Crippen LogP contribution in [0.1, 0.15) is 36.0 Å². The Labute approximate surface area is 147 Å². The fourth-order valence-electron chi connectivity index (χ4n) is 2.87. The van der Waals surface area contributed by atoms with Crippen molar-refractivity contribution in [2.45, 2.75) is 32.7 Å². The SMILES string of the molecule is CCCCc1nc(CN2CCN(c3ccc(C#N)cn3)CC2)cs1. The molecule has 0 aliphatic carbocycles. The summed E-state index contributed by atoms with van der Waals surface area (Å²) in [4.78, 5) is 13.9. The van der Waals surface area contributed by atoms with Crippen LogP contribution in [0.15, 0.2) is 23.7 Å². The quantitative estimate of drug-likeness (QED) is 0.808. The number of aryl methyl sites for hydroxylation is 1. The molecule has 0 spiro atoms. The summed E-state index contributed by atoms with van der Waals surface area (Å²) < 4.78 is 0. The fourth-order valence-corrected chi connectivity index (χ4v) is 3.70.